The van der Waals surface area contributed by atoms with Crippen LogP contribution in [0.25, 0.3) is 0 Å². The maximum absolute atomic E-state index is 15.0. The number of carbonyl (C=O) groups excluding carboxylic acids is 3. The third kappa shape index (κ3) is 11.2. The zero-order valence-corrected chi connectivity index (χ0v) is 30.0. The highest BCUT2D eigenvalue weighted by Crippen LogP contribution is 2.47. The molecule has 1 aliphatic carbocycles. The fourth-order valence-corrected chi connectivity index (χ4v) is 6.11. The van der Waals surface area contributed by atoms with E-state index < -0.39 is 53.3 Å². The van der Waals surface area contributed by atoms with E-state index in [9.17, 15) is 28.4 Å². The highest BCUT2D eigenvalue weighted by molar-refractivity contribution is 6.17. The molecule has 55 heavy (non-hydrogen) atoms. The molecular weight excluding hydrogens is 724 g/mol. The summed E-state index contributed by atoms with van der Waals surface area (Å²) in [4.78, 5) is 69.0. The number of ether oxygens (including phenoxy) is 1. The summed E-state index contributed by atoms with van der Waals surface area (Å²) in [6, 6.07) is 12.6. The number of likely N-dealkylation sites (N-methyl/N-ethyl adjacent to an activating group) is 1. The number of aliphatic carboxylic acids is 2. The molecule has 2 aliphatic heterocycles. The Balaban J connectivity index is 0.000000574. The minimum absolute atomic E-state index is 0.0997. The number of nitrogens with zero attached hydrogens (tertiary/aromatic N) is 4. The first-order valence-electron chi connectivity index (χ1n) is 17.7. The highest BCUT2D eigenvalue weighted by atomic mass is 19.1. The van der Waals surface area contributed by atoms with Gasteiger partial charge in [0.25, 0.3) is 0 Å². The van der Waals surface area contributed by atoms with E-state index >= 15 is 4.39 Å². The number of anilines is 3. The molecule has 1 saturated carbocycles. The lowest BCUT2D eigenvalue weighted by molar-refractivity contribution is -0.152. The molecule has 6 N–H and O–H groups in total. The van der Waals surface area contributed by atoms with Gasteiger partial charge in [0.2, 0.25) is 11.8 Å². The first-order valence-corrected chi connectivity index (χ1v) is 17.7. The van der Waals surface area contributed by atoms with E-state index in [0.717, 1.165) is 45.1 Å². The Morgan fingerprint density at radius 1 is 0.855 bits per heavy atom. The molecule has 2 aromatic carbocycles. The topological polar surface area (TPSA) is 214 Å². The molecule has 1 aromatic heterocycles. The first-order chi connectivity index (χ1) is 26.2. The second kappa shape index (κ2) is 18.1. The van der Waals surface area contributed by atoms with E-state index in [1.54, 1.807) is 17.0 Å². The largest absolute Gasteiger partial charge is 0.481 e. The van der Waals surface area contributed by atoms with Gasteiger partial charge in [-0.25, -0.2) is 23.4 Å². The lowest BCUT2D eigenvalue weighted by Crippen LogP contribution is -2.53. The average molecular weight is 768 g/mol. The normalized spacial score (nSPS) is 17.5. The van der Waals surface area contributed by atoms with Gasteiger partial charge in [-0.05, 0) is 75.2 Å². The van der Waals surface area contributed by atoms with Gasteiger partial charge >= 0.3 is 18.0 Å². The second-order valence-electron chi connectivity index (χ2n) is 13.6. The van der Waals surface area contributed by atoms with E-state index in [4.69, 9.17) is 20.1 Å². The van der Waals surface area contributed by atoms with Crippen LogP contribution in [0.15, 0.2) is 60.8 Å². The zero-order chi connectivity index (χ0) is 39.7. The van der Waals surface area contributed by atoms with Crippen molar-refractivity contribution < 1.29 is 52.8 Å². The number of amides is 4. The number of benzene rings is 2. The number of carboxylic acid groups (broad SMARTS) is 2. The number of hydrogen-bond donors (Lipinski definition) is 6. The first kappa shape index (κ1) is 40.5. The summed E-state index contributed by atoms with van der Waals surface area (Å²) >= 11 is 0. The fraction of sp³-hybridized carbons (Fsp3) is 0.405. The van der Waals surface area contributed by atoms with E-state index in [-0.39, 0.29) is 17.5 Å². The predicted molar refractivity (Wildman–Crippen MR) is 195 cm³/mol. The van der Waals surface area contributed by atoms with Gasteiger partial charge in [0.15, 0.2) is 6.10 Å². The quantitative estimate of drug-likeness (QED) is 0.154. The Morgan fingerprint density at radius 2 is 1.49 bits per heavy atom. The smallest absolute Gasteiger partial charge is 0.333 e. The fourth-order valence-electron chi connectivity index (χ4n) is 6.11. The number of pyridine rings is 1. The summed E-state index contributed by atoms with van der Waals surface area (Å²) < 4.78 is 34.0. The van der Waals surface area contributed by atoms with E-state index in [1.165, 1.54) is 42.6 Å². The maximum atomic E-state index is 15.0. The van der Waals surface area contributed by atoms with Crippen molar-refractivity contribution in [1.82, 2.24) is 19.7 Å². The number of halogens is 2. The number of carboxylic acids is 2. The summed E-state index contributed by atoms with van der Waals surface area (Å²) in [5, 5.41) is 32.1. The number of carbonyl (C=O) groups is 5. The molecule has 0 spiro atoms. The van der Waals surface area contributed by atoms with Crippen molar-refractivity contribution in [2.24, 2.45) is 5.41 Å². The molecule has 0 radical (unpaired) electrons. The van der Waals surface area contributed by atoms with Gasteiger partial charge in [0, 0.05) is 69.3 Å². The molecule has 2 saturated heterocycles. The van der Waals surface area contributed by atoms with Crippen LogP contribution in [0.5, 0.6) is 11.5 Å². The van der Waals surface area contributed by atoms with Gasteiger partial charge < -0.3 is 40.5 Å². The number of aromatic nitrogens is 1. The highest BCUT2D eigenvalue weighted by Gasteiger charge is 2.56. The van der Waals surface area contributed by atoms with Crippen LogP contribution in [0.3, 0.4) is 0 Å². The molecule has 4 amide bonds. The standard InChI is InChI=1S/C33H37F2N7O4.C4H6O5/c1-40-16-18-41(19-17-40)24-9-14-42(15-10-24)32(45)39-29-21-26(8-13-36-29)46-25-6-7-28(27(35)20-25)38-31(44)33(11-12-33)30(43)37-23-4-2-22(34)3-5-23;5-2(4(8)9)1-3(6)7/h2-8,13,20-21,24H,9-12,14-19H2,1H3,(H,37,43)(H,38,44)(H,36,39,45);2,5H,1H2,(H,6,7)(H,8,9)/t;2-/m.0/s1. The van der Waals surface area contributed by atoms with Crippen molar-refractivity contribution in [2.75, 3.05) is 62.3 Å². The zero-order valence-electron chi connectivity index (χ0n) is 30.0. The van der Waals surface area contributed by atoms with Crippen LogP contribution in [0.1, 0.15) is 32.1 Å². The summed E-state index contributed by atoms with van der Waals surface area (Å²) in [7, 11) is 2.14. The number of likely N-dealkylation sites (tertiary alicyclic amines) is 1. The number of piperazine rings is 1. The van der Waals surface area contributed by atoms with Gasteiger partial charge in [0.1, 0.15) is 34.4 Å². The maximum Gasteiger partial charge on any atom is 0.333 e. The molecule has 294 valence electrons. The third-order valence-electron chi connectivity index (χ3n) is 9.57. The van der Waals surface area contributed by atoms with Crippen LogP contribution >= 0.6 is 0 Å². The summed E-state index contributed by atoms with van der Waals surface area (Å²) in [6.45, 7) is 5.60. The molecule has 3 aliphatic rings. The number of piperidine rings is 1. The molecule has 3 aromatic rings. The molecule has 3 heterocycles. The van der Waals surface area contributed by atoms with Crippen LogP contribution in [0.4, 0.5) is 30.8 Å². The number of rotatable bonds is 11. The Morgan fingerprint density at radius 3 is 2.07 bits per heavy atom. The monoisotopic (exact) mass is 767 g/mol. The van der Waals surface area contributed by atoms with Crippen molar-refractivity contribution in [2.45, 2.75) is 44.2 Å². The minimum Gasteiger partial charge on any atom is -0.481 e. The Hall–Kier alpha value is -5.72. The SMILES string of the molecule is CN1CCN(C2CCN(C(=O)Nc3cc(Oc4ccc(NC(=O)C5(C(=O)Nc6ccc(F)cc6)CC5)c(F)c4)ccn3)CC2)CC1.O=C(O)C[C@H](O)C(=O)O. The lowest BCUT2D eigenvalue weighted by atomic mass is 10.0. The van der Waals surface area contributed by atoms with Crippen molar-refractivity contribution in [1.29, 1.82) is 0 Å². The molecule has 3 fully saturated rings. The molecule has 16 nitrogen and oxygen atoms in total. The van der Waals surface area contributed by atoms with Crippen LogP contribution in [-0.2, 0) is 19.2 Å². The number of urea groups is 1. The van der Waals surface area contributed by atoms with Gasteiger partial charge in [-0.2, -0.15) is 0 Å². The van der Waals surface area contributed by atoms with Crippen molar-refractivity contribution in [3.05, 3.63) is 72.4 Å². The second-order valence-corrected chi connectivity index (χ2v) is 13.6. The van der Waals surface area contributed by atoms with Crippen molar-refractivity contribution in [3.8, 4) is 11.5 Å². The van der Waals surface area contributed by atoms with Crippen LogP contribution in [-0.4, -0.2) is 123 Å². The average Bonchev–Trinajstić information content (AvgIpc) is 3.97. The van der Waals surface area contributed by atoms with Gasteiger partial charge in [-0.1, -0.05) is 0 Å². The van der Waals surface area contributed by atoms with Crippen LogP contribution in [0.2, 0.25) is 0 Å². The molecule has 6 rings (SSSR count). The van der Waals surface area contributed by atoms with Gasteiger partial charge in [0.05, 0.1) is 12.1 Å². The summed E-state index contributed by atoms with van der Waals surface area (Å²) in [6.07, 6.45) is 1.42. The Kier molecular flexibility index (Phi) is 13.3. The van der Waals surface area contributed by atoms with E-state index in [0.29, 0.717) is 49.2 Å². The van der Waals surface area contributed by atoms with Crippen molar-refractivity contribution >= 4 is 47.0 Å². The summed E-state index contributed by atoms with van der Waals surface area (Å²) in [5.41, 5.74) is -1.07. The summed E-state index contributed by atoms with van der Waals surface area (Å²) in [5.74, 6) is -4.39. The van der Waals surface area contributed by atoms with Crippen LogP contribution in [0, 0.1) is 17.0 Å². The Bertz CT molecular complexity index is 1860. The number of hydrogen-bond acceptors (Lipinski definition) is 10. The molecule has 0 unspecified atom stereocenters. The van der Waals surface area contributed by atoms with Gasteiger partial charge in [-0.3, -0.25) is 24.6 Å². The minimum atomic E-state index is -1.79. The molecule has 1 atom stereocenters. The van der Waals surface area contributed by atoms with Crippen LogP contribution < -0.4 is 20.7 Å². The van der Waals surface area contributed by atoms with E-state index in [2.05, 4.69) is 37.8 Å². The molecular formula is C37H43F2N7O9. The lowest BCUT2D eigenvalue weighted by Gasteiger charge is -2.42. The predicted octanol–water partition coefficient (Wildman–Crippen LogP) is 3.66. The molecule has 0 bridgehead atoms. The third-order valence-corrected chi connectivity index (χ3v) is 9.57. The van der Waals surface area contributed by atoms with Gasteiger partial charge in [-0.15, -0.1) is 0 Å². The van der Waals surface area contributed by atoms with Crippen molar-refractivity contribution in [3.63, 3.8) is 0 Å². The number of aliphatic hydroxyl groups excluding tert-OH is 1. The molecule has 18 heteroatoms. The van der Waals surface area contributed by atoms with E-state index in [1.807, 2.05) is 0 Å². The Labute approximate surface area is 315 Å². The number of aliphatic hydroxyl groups is 1. The number of nitrogens with one attached hydrogen (secondary N) is 3.